The molecule has 182 valence electrons. The molecule has 10 nitrogen and oxygen atoms in total. The summed E-state index contributed by atoms with van der Waals surface area (Å²) in [5, 5.41) is 27.6. The van der Waals surface area contributed by atoms with Gasteiger partial charge in [0.1, 0.15) is 24.4 Å². The number of aliphatic hydroxyl groups is 2. The van der Waals surface area contributed by atoms with Crippen LogP contribution in [0.4, 0.5) is 0 Å². The van der Waals surface area contributed by atoms with Crippen LogP contribution in [0.2, 0.25) is 0 Å². The fourth-order valence-corrected chi connectivity index (χ4v) is 5.18. The fraction of sp³-hybridized carbons (Fsp3) is 0.950. The molecule has 6 N–H and O–H groups in total. The maximum atomic E-state index is 12.9. The Bertz CT molecular complexity index is 630. The zero-order chi connectivity index (χ0) is 23.3. The number of rotatable bonds is 10. The van der Waals surface area contributed by atoms with E-state index in [2.05, 4.69) is 17.6 Å². The van der Waals surface area contributed by atoms with Gasteiger partial charge in [-0.25, -0.2) is 4.57 Å². The topological polar surface area (TPSA) is 158 Å². The lowest BCUT2D eigenvalue weighted by atomic mass is 9.85. The highest BCUT2D eigenvalue weighted by Crippen LogP contribution is 2.42. The zero-order valence-electron chi connectivity index (χ0n) is 18.8. The Morgan fingerprint density at radius 2 is 1.84 bits per heavy atom. The van der Waals surface area contributed by atoms with E-state index in [1.165, 1.54) is 0 Å². The summed E-state index contributed by atoms with van der Waals surface area (Å²) in [4.78, 5) is 31.3. The van der Waals surface area contributed by atoms with E-state index >= 15 is 0 Å². The number of hydrogen-bond donors (Lipinski definition) is 6. The van der Waals surface area contributed by atoms with Gasteiger partial charge >= 0.3 is 7.82 Å². The lowest BCUT2D eigenvalue weighted by Crippen LogP contribution is -2.65. The van der Waals surface area contributed by atoms with E-state index in [9.17, 15) is 29.4 Å². The predicted octanol–water partition coefficient (Wildman–Crippen LogP) is 0.673. The van der Waals surface area contributed by atoms with Crippen molar-refractivity contribution in [1.82, 2.24) is 10.6 Å². The van der Waals surface area contributed by atoms with Gasteiger partial charge in [0.15, 0.2) is 0 Å². The van der Waals surface area contributed by atoms with Crippen molar-refractivity contribution >= 4 is 13.7 Å². The number of hydrogen-bond acceptors (Lipinski definition) is 7. The van der Waals surface area contributed by atoms with Crippen LogP contribution >= 0.6 is 7.82 Å². The summed E-state index contributed by atoms with van der Waals surface area (Å²) < 4.78 is 22.1. The van der Waals surface area contributed by atoms with Gasteiger partial charge in [-0.1, -0.05) is 40.5 Å². The van der Waals surface area contributed by atoms with Crippen molar-refractivity contribution < 1.29 is 38.6 Å². The first-order valence-electron chi connectivity index (χ1n) is 11.3. The Morgan fingerprint density at radius 1 is 1.19 bits per heavy atom. The second kappa shape index (κ2) is 11.5. The van der Waals surface area contributed by atoms with Crippen LogP contribution in [0.15, 0.2) is 0 Å². The van der Waals surface area contributed by atoms with Crippen LogP contribution in [-0.2, 0) is 18.6 Å². The first kappa shape index (κ1) is 26.7. The van der Waals surface area contributed by atoms with E-state index in [-0.39, 0.29) is 17.9 Å². The molecular weight excluding hydrogens is 427 g/mol. The van der Waals surface area contributed by atoms with Crippen LogP contribution in [0, 0.1) is 11.8 Å². The van der Waals surface area contributed by atoms with Gasteiger partial charge in [0.25, 0.3) is 0 Å². The van der Waals surface area contributed by atoms with Crippen molar-refractivity contribution in [2.45, 2.75) is 102 Å². The fourth-order valence-electron chi connectivity index (χ4n) is 4.60. The number of carbonyl (C=O) groups is 1. The van der Waals surface area contributed by atoms with Gasteiger partial charge in [-0.2, -0.15) is 0 Å². The first-order valence-corrected chi connectivity index (χ1v) is 12.8. The summed E-state index contributed by atoms with van der Waals surface area (Å²) >= 11 is 0. The molecule has 0 saturated carbocycles. The van der Waals surface area contributed by atoms with Gasteiger partial charge < -0.3 is 35.4 Å². The Labute approximate surface area is 184 Å². The summed E-state index contributed by atoms with van der Waals surface area (Å²) in [6.07, 6.45) is -2.36. The lowest BCUT2D eigenvalue weighted by Gasteiger charge is -2.46. The molecule has 0 bridgehead atoms. The van der Waals surface area contributed by atoms with Gasteiger partial charge in [0.2, 0.25) is 5.91 Å². The van der Waals surface area contributed by atoms with E-state index in [1.807, 2.05) is 20.8 Å². The molecule has 2 fully saturated rings. The molecule has 2 heterocycles. The number of aliphatic hydroxyl groups excluding tert-OH is 2. The van der Waals surface area contributed by atoms with Crippen molar-refractivity contribution in [3.63, 3.8) is 0 Å². The zero-order valence-corrected chi connectivity index (χ0v) is 19.7. The molecule has 0 aromatic carbocycles. The Morgan fingerprint density at radius 3 is 2.39 bits per heavy atom. The molecule has 0 aromatic rings. The number of phosphoric acid groups is 1. The van der Waals surface area contributed by atoms with Crippen molar-refractivity contribution in [3.05, 3.63) is 0 Å². The largest absolute Gasteiger partial charge is 0.470 e. The molecule has 2 aliphatic rings. The van der Waals surface area contributed by atoms with Gasteiger partial charge in [-0.05, 0) is 37.6 Å². The maximum Gasteiger partial charge on any atom is 0.470 e. The summed E-state index contributed by atoms with van der Waals surface area (Å²) in [6.45, 7) is 8.53. The van der Waals surface area contributed by atoms with Gasteiger partial charge in [0.05, 0.1) is 18.2 Å². The summed E-state index contributed by atoms with van der Waals surface area (Å²) in [6, 6.07) is -0.917. The molecule has 0 aromatic heterocycles. The second-order valence-electron chi connectivity index (χ2n) is 9.10. The summed E-state index contributed by atoms with van der Waals surface area (Å²) in [5.74, 6) is 0.157. The van der Waals surface area contributed by atoms with Crippen LogP contribution in [0.3, 0.4) is 0 Å². The molecule has 8 atom stereocenters. The molecule has 2 rings (SSSR count). The summed E-state index contributed by atoms with van der Waals surface area (Å²) in [5.41, 5.74) is 0. The van der Waals surface area contributed by atoms with E-state index in [0.29, 0.717) is 18.8 Å². The van der Waals surface area contributed by atoms with E-state index in [1.54, 1.807) is 0 Å². The Kier molecular flexibility index (Phi) is 9.91. The standard InChI is InChI=1S/C20H39N2O8P/c1-5-7-12-9-13(21-10-12)20(25)22-15(11(3)4)19-17(24)16(23)18(30-31(26,27)28)14(29-19)8-6-2/h11-19,21,23-24H,5-10H2,1-4H3,(H,22,25)(H2,26,27,28). The first-order chi connectivity index (χ1) is 14.5. The predicted molar refractivity (Wildman–Crippen MR) is 114 cm³/mol. The minimum atomic E-state index is -4.90. The molecule has 31 heavy (non-hydrogen) atoms. The molecule has 2 saturated heterocycles. The number of nitrogens with one attached hydrogen (secondary N) is 2. The lowest BCUT2D eigenvalue weighted by molar-refractivity contribution is -0.228. The number of ether oxygens (including phenoxy) is 1. The normalized spacial score (nSPS) is 35.3. The van der Waals surface area contributed by atoms with Crippen LogP contribution in [0.5, 0.6) is 0 Å². The highest BCUT2D eigenvalue weighted by molar-refractivity contribution is 7.46. The van der Waals surface area contributed by atoms with E-state index in [0.717, 1.165) is 25.8 Å². The van der Waals surface area contributed by atoms with Crippen molar-refractivity contribution in [2.24, 2.45) is 11.8 Å². The number of carbonyl (C=O) groups excluding carboxylic acids is 1. The third-order valence-corrected chi connectivity index (χ3v) is 6.69. The molecular formula is C20H39N2O8P. The second-order valence-corrected chi connectivity index (χ2v) is 10.3. The molecule has 8 unspecified atom stereocenters. The van der Waals surface area contributed by atoms with Crippen LogP contribution in [0.25, 0.3) is 0 Å². The highest BCUT2D eigenvalue weighted by atomic mass is 31.2. The van der Waals surface area contributed by atoms with Gasteiger partial charge in [-0.15, -0.1) is 0 Å². The average Bonchev–Trinajstić information content (AvgIpc) is 3.14. The SMILES string of the molecule is CCCC1CNC(C(=O)NC(C(C)C)C2OC(CCC)C(OP(=O)(O)O)C(O)C2O)C1. The molecule has 1 amide bonds. The molecule has 0 aliphatic carbocycles. The Hall–Kier alpha value is -0.580. The van der Waals surface area contributed by atoms with E-state index in [4.69, 9.17) is 9.26 Å². The molecule has 2 aliphatic heterocycles. The highest BCUT2D eigenvalue weighted by Gasteiger charge is 2.50. The number of phosphoric ester groups is 1. The quantitative estimate of drug-likeness (QED) is 0.255. The molecule has 0 radical (unpaired) electrons. The third-order valence-electron chi connectivity index (χ3n) is 6.17. The van der Waals surface area contributed by atoms with Crippen LogP contribution in [0.1, 0.15) is 59.8 Å². The van der Waals surface area contributed by atoms with Gasteiger partial charge in [-0.3, -0.25) is 9.32 Å². The number of amides is 1. The molecule has 0 spiro atoms. The summed E-state index contributed by atoms with van der Waals surface area (Å²) in [7, 11) is -4.90. The molecule has 11 heteroatoms. The third kappa shape index (κ3) is 7.20. The minimum Gasteiger partial charge on any atom is -0.388 e. The van der Waals surface area contributed by atoms with Gasteiger partial charge in [0, 0.05) is 0 Å². The van der Waals surface area contributed by atoms with Crippen molar-refractivity contribution in [3.8, 4) is 0 Å². The Balaban J connectivity index is 2.14. The van der Waals surface area contributed by atoms with Crippen LogP contribution < -0.4 is 10.6 Å². The smallest absolute Gasteiger partial charge is 0.388 e. The van der Waals surface area contributed by atoms with Crippen molar-refractivity contribution in [1.29, 1.82) is 0 Å². The van der Waals surface area contributed by atoms with E-state index < -0.39 is 44.4 Å². The monoisotopic (exact) mass is 466 g/mol. The van der Waals surface area contributed by atoms with Crippen LogP contribution in [-0.4, -0.2) is 75.1 Å². The van der Waals surface area contributed by atoms with Crippen molar-refractivity contribution in [2.75, 3.05) is 6.54 Å². The minimum absolute atomic E-state index is 0.120. The maximum absolute atomic E-state index is 12.9. The average molecular weight is 467 g/mol.